The second-order valence-corrected chi connectivity index (χ2v) is 4.95. The average molecular weight is 267 g/mol. The van der Waals surface area contributed by atoms with E-state index < -0.39 is 0 Å². The van der Waals surface area contributed by atoms with Crippen LogP contribution in [0.15, 0.2) is 10.9 Å². The Bertz CT molecular complexity index is 441. The molecule has 5 heteroatoms. The molecule has 1 aromatic heterocycles. The summed E-state index contributed by atoms with van der Waals surface area (Å²) in [4.78, 5) is 12.2. The molecule has 0 radical (unpaired) electrons. The van der Waals surface area contributed by atoms with Crippen LogP contribution in [0.2, 0.25) is 0 Å². The van der Waals surface area contributed by atoms with Crippen LogP contribution in [-0.4, -0.2) is 30.0 Å². The van der Waals surface area contributed by atoms with E-state index in [9.17, 15) is 4.79 Å². The van der Waals surface area contributed by atoms with Gasteiger partial charge in [0, 0.05) is 32.3 Å². The molecule has 0 fully saturated rings. The van der Waals surface area contributed by atoms with Crippen LogP contribution in [0.25, 0.3) is 0 Å². The number of nitrogens with one attached hydrogen (secondary N) is 1. The summed E-state index contributed by atoms with van der Waals surface area (Å²) >= 11 is 0. The predicted molar refractivity (Wildman–Crippen MR) is 76.5 cm³/mol. The Labute approximate surface area is 115 Å². The normalized spacial score (nSPS) is 11.2. The molecule has 0 spiro atoms. The van der Waals surface area contributed by atoms with Gasteiger partial charge >= 0.3 is 0 Å². The third kappa shape index (κ3) is 4.76. The molecule has 108 valence electrons. The van der Waals surface area contributed by atoms with Crippen molar-refractivity contribution in [3.63, 3.8) is 0 Å². The average Bonchev–Trinajstić information content (AvgIpc) is 2.38. The molecule has 0 amide bonds. The summed E-state index contributed by atoms with van der Waals surface area (Å²) in [6.07, 6.45) is 0.908. The first-order valence-corrected chi connectivity index (χ1v) is 6.90. The smallest absolute Gasteiger partial charge is 0.271 e. The molecule has 19 heavy (non-hydrogen) atoms. The molecule has 1 rings (SSSR count). The maximum Gasteiger partial charge on any atom is 0.271 e. The molecular weight excluding hydrogens is 242 g/mol. The number of rotatable bonds is 8. The Hall–Kier alpha value is -1.20. The van der Waals surface area contributed by atoms with Gasteiger partial charge in [-0.05, 0) is 18.4 Å². The van der Waals surface area contributed by atoms with Crippen molar-refractivity contribution in [1.82, 2.24) is 15.1 Å². The first-order valence-electron chi connectivity index (χ1n) is 6.90. The molecule has 0 aliphatic carbocycles. The van der Waals surface area contributed by atoms with E-state index in [1.54, 1.807) is 11.8 Å². The fraction of sp³-hybridized carbons (Fsp3) is 0.714. The largest absolute Gasteiger partial charge is 0.383 e. The second kappa shape index (κ2) is 8.07. The predicted octanol–water partition coefficient (Wildman–Crippen LogP) is 1.51. The quantitative estimate of drug-likeness (QED) is 0.725. The Morgan fingerprint density at radius 2 is 2.21 bits per heavy atom. The SMILES string of the molecule is CCCn1nc(C(C)C)cc(CNCCOC)c1=O. The van der Waals surface area contributed by atoms with E-state index in [1.165, 1.54) is 0 Å². The van der Waals surface area contributed by atoms with Gasteiger partial charge in [0.2, 0.25) is 0 Å². The van der Waals surface area contributed by atoms with E-state index in [4.69, 9.17) is 4.74 Å². The maximum absolute atomic E-state index is 12.2. The van der Waals surface area contributed by atoms with Crippen molar-refractivity contribution in [2.45, 2.75) is 46.2 Å². The van der Waals surface area contributed by atoms with E-state index in [0.29, 0.717) is 25.6 Å². The molecule has 1 N–H and O–H groups in total. The highest BCUT2D eigenvalue weighted by molar-refractivity contribution is 5.16. The monoisotopic (exact) mass is 267 g/mol. The number of aromatic nitrogens is 2. The number of aryl methyl sites for hydroxylation is 1. The zero-order chi connectivity index (χ0) is 14.3. The van der Waals surface area contributed by atoms with Gasteiger partial charge in [-0.25, -0.2) is 4.68 Å². The van der Waals surface area contributed by atoms with E-state index in [0.717, 1.165) is 24.2 Å². The van der Waals surface area contributed by atoms with Crippen LogP contribution in [0.1, 0.15) is 44.4 Å². The van der Waals surface area contributed by atoms with Crippen molar-refractivity contribution in [1.29, 1.82) is 0 Å². The van der Waals surface area contributed by atoms with Crippen LogP contribution >= 0.6 is 0 Å². The molecule has 0 saturated carbocycles. The molecule has 1 aromatic rings. The Morgan fingerprint density at radius 1 is 1.47 bits per heavy atom. The highest BCUT2D eigenvalue weighted by Crippen LogP contribution is 2.10. The Kier molecular flexibility index (Phi) is 6.73. The number of hydrogen-bond donors (Lipinski definition) is 1. The molecule has 0 unspecified atom stereocenters. The Morgan fingerprint density at radius 3 is 2.79 bits per heavy atom. The highest BCUT2D eigenvalue weighted by atomic mass is 16.5. The van der Waals surface area contributed by atoms with Crippen molar-refractivity contribution in [3.05, 3.63) is 27.7 Å². The van der Waals surface area contributed by atoms with Gasteiger partial charge in [0.25, 0.3) is 5.56 Å². The van der Waals surface area contributed by atoms with Gasteiger partial charge in [-0.1, -0.05) is 20.8 Å². The number of ether oxygens (including phenoxy) is 1. The van der Waals surface area contributed by atoms with Gasteiger partial charge in [0.1, 0.15) is 0 Å². The van der Waals surface area contributed by atoms with E-state index in [1.807, 2.05) is 13.0 Å². The fourth-order valence-electron chi connectivity index (χ4n) is 1.79. The lowest BCUT2D eigenvalue weighted by Gasteiger charge is -2.12. The molecule has 0 saturated heterocycles. The summed E-state index contributed by atoms with van der Waals surface area (Å²) < 4.78 is 6.56. The third-order valence-electron chi connectivity index (χ3n) is 2.89. The van der Waals surface area contributed by atoms with E-state index >= 15 is 0 Å². The summed E-state index contributed by atoms with van der Waals surface area (Å²) in [5, 5.41) is 7.63. The van der Waals surface area contributed by atoms with Crippen LogP contribution in [0.4, 0.5) is 0 Å². The van der Waals surface area contributed by atoms with E-state index in [-0.39, 0.29) is 5.56 Å². The Balaban J connectivity index is 2.91. The standard InChI is InChI=1S/C14H25N3O2/c1-5-7-17-14(18)12(10-15-6-8-19-4)9-13(16-17)11(2)3/h9,11,15H,5-8,10H2,1-4H3. The van der Waals surface area contributed by atoms with Crippen molar-refractivity contribution in [2.24, 2.45) is 0 Å². The van der Waals surface area contributed by atoms with Crippen LogP contribution in [0, 0.1) is 0 Å². The molecule has 5 nitrogen and oxygen atoms in total. The summed E-state index contributed by atoms with van der Waals surface area (Å²) in [6, 6.07) is 1.92. The van der Waals surface area contributed by atoms with Crippen LogP contribution in [0.3, 0.4) is 0 Å². The van der Waals surface area contributed by atoms with Crippen LogP contribution in [0.5, 0.6) is 0 Å². The lowest BCUT2D eigenvalue weighted by atomic mass is 10.1. The van der Waals surface area contributed by atoms with Gasteiger partial charge in [-0.15, -0.1) is 0 Å². The van der Waals surface area contributed by atoms with Crippen molar-refractivity contribution in [2.75, 3.05) is 20.3 Å². The number of methoxy groups -OCH3 is 1. The zero-order valence-electron chi connectivity index (χ0n) is 12.4. The summed E-state index contributed by atoms with van der Waals surface area (Å²) in [7, 11) is 1.67. The number of nitrogens with zero attached hydrogens (tertiary/aromatic N) is 2. The third-order valence-corrected chi connectivity index (χ3v) is 2.89. The van der Waals surface area contributed by atoms with Crippen LogP contribution < -0.4 is 10.9 Å². The van der Waals surface area contributed by atoms with Crippen molar-refractivity contribution >= 4 is 0 Å². The fourth-order valence-corrected chi connectivity index (χ4v) is 1.79. The molecule has 0 atom stereocenters. The topological polar surface area (TPSA) is 56.1 Å². The highest BCUT2D eigenvalue weighted by Gasteiger charge is 2.10. The van der Waals surface area contributed by atoms with Crippen LogP contribution in [-0.2, 0) is 17.8 Å². The molecule has 1 heterocycles. The van der Waals surface area contributed by atoms with Gasteiger partial charge in [-0.3, -0.25) is 4.79 Å². The minimum Gasteiger partial charge on any atom is -0.383 e. The van der Waals surface area contributed by atoms with Crippen molar-refractivity contribution in [3.8, 4) is 0 Å². The lowest BCUT2D eigenvalue weighted by molar-refractivity contribution is 0.199. The number of hydrogen-bond acceptors (Lipinski definition) is 4. The molecule has 0 bridgehead atoms. The minimum absolute atomic E-state index is 0.0103. The van der Waals surface area contributed by atoms with E-state index in [2.05, 4.69) is 24.3 Å². The second-order valence-electron chi connectivity index (χ2n) is 4.95. The van der Waals surface area contributed by atoms with Gasteiger partial charge < -0.3 is 10.1 Å². The maximum atomic E-state index is 12.2. The summed E-state index contributed by atoms with van der Waals surface area (Å²) in [6.45, 7) is 8.84. The van der Waals surface area contributed by atoms with Gasteiger partial charge in [-0.2, -0.15) is 5.10 Å². The minimum atomic E-state index is 0.0103. The lowest BCUT2D eigenvalue weighted by Crippen LogP contribution is -2.31. The summed E-state index contributed by atoms with van der Waals surface area (Å²) in [5.74, 6) is 0.321. The first kappa shape index (κ1) is 15.9. The molecule has 0 aliphatic rings. The molecule has 0 aliphatic heterocycles. The van der Waals surface area contributed by atoms with Gasteiger partial charge in [0.05, 0.1) is 12.3 Å². The summed E-state index contributed by atoms with van der Waals surface area (Å²) in [5.41, 5.74) is 1.76. The van der Waals surface area contributed by atoms with Gasteiger partial charge in [0.15, 0.2) is 0 Å². The zero-order valence-corrected chi connectivity index (χ0v) is 12.4. The first-order chi connectivity index (χ1) is 9.10. The van der Waals surface area contributed by atoms with Crippen molar-refractivity contribution < 1.29 is 4.74 Å². The molecule has 0 aromatic carbocycles. The molecular formula is C14H25N3O2.